The maximum atomic E-state index is 12.6. The number of halogens is 1. The van der Waals surface area contributed by atoms with Gasteiger partial charge in [-0.25, -0.2) is 0 Å². The van der Waals surface area contributed by atoms with E-state index in [1.807, 2.05) is 6.92 Å². The van der Waals surface area contributed by atoms with Gasteiger partial charge in [0.25, 0.3) is 0 Å². The Kier molecular flexibility index (Phi) is 5.29. The molecular formula is C18H16ClNO3. The lowest BCUT2D eigenvalue weighted by molar-refractivity contribution is -0.119. The maximum Gasteiger partial charge on any atom is 0.217 e. The highest BCUT2D eigenvalue weighted by Crippen LogP contribution is 2.14. The average molecular weight is 330 g/mol. The molecule has 23 heavy (non-hydrogen) atoms. The summed E-state index contributed by atoms with van der Waals surface area (Å²) in [6, 6.07) is 11.8. The van der Waals surface area contributed by atoms with Gasteiger partial charge in [-0.3, -0.25) is 14.4 Å². The van der Waals surface area contributed by atoms with Gasteiger partial charge in [0.2, 0.25) is 5.91 Å². The summed E-state index contributed by atoms with van der Waals surface area (Å²) in [4.78, 5) is 36.6. The van der Waals surface area contributed by atoms with Gasteiger partial charge in [0.05, 0.1) is 0 Å². The Bertz CT molecular complexity index is 678. The lowest BCUT2D eigenvalue weighted by Gasteiger charge is -2.16. The predicted octanol–water partition coefficient (Wildman–Crippen LogP) is 3.22. The molecule has 1 N–H and O–H groups in total. The number of hydrogen-bond acceptors (Lipinski definition) is 3. The van der Waals surface area contributed by atoms with Crippen molar-refractivity contribution in [3.63, 3.8) is 0 Å². The molecule has 0 aliphatic rings. The fraction of sp³-hybridized carbons (Fsp3) is 0.167. The van der Waals surface area contributed by atoms with E-state index in [-0.39, 0.29) is 0 Å². The SMILES string of the molecule is CC(=O)NC(C(=O)c1ccc(C)cc1)C(=O)c1ccc(Cl)cc1. The molecular weight excluding hydrogens is 314 g/mol. The van der Waals surface area contributed by atoms with Crippen molar-refractivity contribution in [3.05, 3.63) is 70.2 Å². The van der Waals surface area contributed by atoms with Crippen molar-refractivity contribution in [1.82, 2.24) is 5.32 Å². The molecule has 2 aromatic carbocycles. The number of hydrogen-bond donors (Lipinski definition) is 1. The van der Waals surface area contributed by atoms with Gasteiger partial charge >= 0.3 is 0 Å². The largest absolute Gasteiger partial charge is 0.339 e. The smallest absolute Gasteiger partial charge is 0.217 e. The minimum atomic E-state index is -1.25. The molecule has 0 aliphatic carbocycles. The van der Waals surface area contributed by atoms with E-state index in [4.69, 9.17) is 11.6 Å². The minimum absolute atomic E-state index is 0.314. The highest BCUT2D eigenvalue weighted by atomic mass is 35.5. The topological polar surface area (TPSA) is 63.2 Å². The summed E-state index contributed by atoms with van der Waals surface area (Å²) in [5, 5.41) is 2.92. The zero-order chi connectivity index (χ0) is 17.0. The first-order valence-electron chi connectivity index (χ1n) is 7.06. The zero-order valence-corrected chi connectivity index (χ0v) is 13.6. The van der Waals surface area contributed by atoms with Crippen LogP contribution in [0.25, 0.3) is 0 Å². The fourth-order valence-corrected chi connectivity index (χ4v) is 2.24. The summed E-state index contributed by atoms with van der Waals surface area (Å²) in [6.07, 6.45) is 0. The first-order valence-corrected chi connectivity index (χ1v) is 7.44. The van der Waals surface area contributed by atoms with Crippen LogP contribution in [0, 0.1) is 6.92 Å². The quantitative estimate of drug-likeness (QED) is 0.676. The van der Waals surface area contributed by atoms with Crippen LogP contribution in [0.15, 0.2) is 48.5 Å². The summed E-state index contributed by atoms with van der Waals surface area (Å²) in [5.74, 6) is -1.36. The molecule has 1 atom stereocenters. The molecule has 2 aromatic rings. The van der Waals surface area contributed by atoms with Crippen LogP contribution < -0.4 is 5.32 Å². The number of ketones is 2. The molecule has 0 aromatic heterocycles. The predicted molar refractivity (Wildman–Crippen MR) is 88.9 cm³/mol. The van der Waals surface area contributed by atoms with Gasteiger partial charge in [0, 0.05) is 23.1 Å². The summed E-state index contributed by atoms with van der Waals surface area (Å²) in [5.41, 5.74) is 1.69. The molecule has 0 bridgehead atoms. The summed E-state index contributed by atoms with van der Waals surface area (Å²) in [7, 11) is 0. The Morgan fingerprint density at radius 2 is 1.30 bits per heavy atom. The second-order valence-electron chi connectivity index (χ2n) is 5.23. The number of aryl methyl sites for hydroxylation is 1. The van der Waals surface area contributed by atoms with Crippen LogP contribution in [0.1, 0.15) is 33.2 Å². The van der Waals surface area contributed by atoms with E-state index in [0.29, 0.717) is 16.1 Å². The molecule has 1 unspecified atom stereocenters. The second kappa shape index (κ2) is 7.20. The number of carbonyl (C=O) groups excluding carboxylic acids is 3. The van der Waals surface area contributed by atoms with Crippen LogP contribution in [0.4, 0.5) is 0 Å². The molecule has 0 aliphatic heterocycles. The van der Waals surface area contributed by atoms with E-state index < -0.39 is 23.5 Å². The molecule has 1 amide bonds. The van der Waals surface area contributed by atoms with E-state index in [1.165, 1.54) is 19.1 Å². The number of carbonyl (C=O) groups is 3. The molecule has 0 saturated heterocycles. The highest BCUT2D eigenvalue weighted by molar-refractivity contribution is 6.30. The van der Waals surface area contributed by atoms with Crippen LogP contribution >= 0.6 is 11.6 Å². The molecule has 0 spiro atoms. The van der Waals surface area contributed by atoms with Gasteiger partial charge in [0.15, 0.2) is 17.6 Å². The molecule has 118 valence electrons. The van der Waals surface area contributed by atoms with Crippen molar-refractivity contribution in [2.45, 2.75) is 19.9 Å². The fourth-order valence-electron chi connectivity index (χ4n) is 2.12. The Morgan fingerprint density at radius 1 is 0.870 bits per heavy atom. The molecule has 0 radical (unpaired) electrons. The van der Waals surface area contributed by atoms with Crippen molar-refractivity contribution in [3.8, 4) is 0 Å². The first kappa shape index (κ1) is 16.9. The van der Waals surface area contributed by atoms with E-state index in [9.17, 15) is 14.4 Å². The van der Waals surface area contributed by atoms with Crippen LogP contribution in [0.2, 0.25) is 5.02 Å². The lowest BCUT2D eigenvalue weighted by atomic mass is 9.96. The van der Waals surface area contributed by atoms with Gasteiger partial charge in [-0.05, 0) is 31.2 Å². The normalized spacial score (nSPS) is 11.6. The zero-order valence-electron chi connectivity index (χ0n) is 12.8. The lowest BCUT2D eigenvalue weighted by Crippen LogP contribution is -2.45. The third kappa shape index (κ3) is 4.27. The van der Waals surface area contributed by atoms with Crippen LogP contribution in [0.5, 0.6) is 0 Å². The average Bonchev–Trinajstić information content (AvgIpc) is 2.52. The number of benzene rings is 2. The van der Waals surface area contributed by atoms with Gasteiger partial charge in [-0.15, -0.1) is 0 Å². The van der Waals surface area contributed by atoms with Crippen LogP contribution in [-0.4, -0.2) is 23.5 Å². The van der Waals surface area contributed by atoms with E-state index in [2.05, 4.69) is 5.32 Å². The monoisotopic (exact) mass is 329 g/mol. The van der Waals surface area contributed by atoms with Gasteiger partial charge in [-0.1, -0.05) is 41.4 Å². The molecule has 4 nitrogen and oxygen atoms in total. The number of Topliss-reactive ketones (excluding diaryl/α,β-unsaturated/α-hetero) is 2. The number of rotatable bonds is 5. The van der Waals surface area contributed by atoms with Crippen molar-refractivity contribution in [2.75, 3.05) is 0 Å². The second-order valence-corrected chi connectivity index (χ2v) is 5.67. The van der Waals surface area contributed by atoms with Crippen molar-refractivity contribution in [2.24, 2.45) is 0 Å². The summed E-state index contributed by atoms with van der Waals surface area (Å²) >= 11 is 5.81. The van der Waals surface area contributed by atoms with Gasteiger partial charge < -0.3 is 5.32 Å². The Morgan fingerprint density at radius 3 is 1.74 bits per heavy atom. The standard InChI is InChI=1S/C18H16ClNO3/c1-11-3-5-13(6-4-11)17(22)16(20-12(2)21)18(23)14-7-9-15(19)10-8-14/h3-10,16H,1-2H3,(H,20,21). The van der Waals surface area contributed by atoms with E-state index in [1.54, 1.807) is 36.4 Å². The van der Waals surface area contributed by atoms with Crippen molar-refractivity contribution >= 4 is 29.1 Å². The summed E-state index contributed by atoms with van der Waals surface area (Å²) < 4.78 is 0. The maximum absolute atomic E-state index is 12.6. The summed E-state index contributed by atoms with van der Waals surface area (Å²) in [6.45, 7) is 3.17. The highest BCUT2D eigenvalue weighted by Gasteiger charge is 2.29. The van der Waals surface area contributed by atoms with Crippen molar-refractivity contribution in [1.29, 1.82) is 0 Å². The third-order valence-electron chi connectivity index (χ3n) is 3.34. The molecule has 0 heterocycles. The molecule has 2 rings (SSSR count). The number of amides is 1. The van der Waals surface area contributed by atoms with Crippen molar-refractivity contribution < 1.29 is 14.4 Å². The van der Waals surface area contributed by atoms with E-state index in [0.717, 1.165) is 5.56 Å². The number of nitrogens with one attached hydrogen (secondary N) is 1. The van der Waals surface area contributed by atoms with E-state index >= 15 is 0 Å². The molecule has 0 saturated carbocycles. The minimum Gasteiger partial charge on any atom is -0.339 e. The van der Waals surface area contributed by atoms with Gasteiger partial charge in [0.1, 0.15) is 0 Å². The Labute approximate surface area is 139 Å². The molecule has 0 fully saturated rings. The third-order valence-corrected chi connectivity index (χ3v) is 3.59. The van der Waals surface area contributed by atoms with Crippen LogP contribution in [0.3, 0.4) is 0 Å². The van der Waals surface area contributed by atoms with Crippen LogP contribution in [-0.2, 0) is 4.79 Å². The first-order chi connectivity index (χ1) is 10.9. The Hall–Kier alpha value is -2.46. The molecule has 5 heteroatoms. The van der Waals surface area contributed by atoms with Gasteiger partial charge in [-0.2, -0.15) is 0 Å². The Balaban J connectivity index is 2.34.